The van der Waals surface area contributed by atoms with E-state index in [0.29, 0.717) is 0 Å². The van der Waals surface area contributed by atoms with Gasteiger partial charge in [-0.15, -0.1) is 6.58 Å². The minimum absolute atomic E-state index is 0.0701. The lowest BCUT2D eigenvalue weighted by atomic mass is 9.99. The molecule has 1 aromatic rings. The molecule has 0 unspecified atom stereocenters. The van der Waals surface area contributed by atoms with E-state index >= 15 is 0 Å². The number of hydrogen-bond acceptors (Lipinski definition) is 2. The molecular weight excluding hydrogens is 249 g/mol. The molecule has 0 heterocycles. The van der Waals surface area contributed by atoms with Gasteiger partial charge in [0, 0.05) is 5.56 Å². The number of carboxylic acids is 1. The van der Waals surface area contributed by atoms with Gasteiger partial charge in [-0.25, -0.2) is 4.79 Å². The van der Waals surface area contributed by atoms with Crippen molar-refractivity contribution in [2.45, 2.75) is 12.6 Å². The van der Waals surface area contributed by atoms with Crippen molar-refractivity contribution in [3.63, 3.8) is 0 Å². The van der Waals surface area contributed by atoms with Gasteiger partial charge in [0.25, 0.3) is 5.78 Å². The average Bonchev–Trinajstić information content (AvgIpc) is 2.26. The van der Waals surface area contributed by atoms with Crippen molar-refractivity contribution in [1.29, 1.82) is 0 Å². The summed E-state index contributed by atoms with van der Waals surface area (Å²) in [4.78, 5) is 21.8. The van der Waals surface area contributed by atoms with Crippen LogP contribution < -0.4 is 0 Å². The van der Waals surface area contributed by atoms with Crippen molar-refractivity contribution in [3.05, 3.63) is 47.5 Å². The molecular formula is C12H9F3O3. The lowest BCUT2D eigenvalue weighted by Crippen LogP contribution is -2.23. The van der Waals surface area contributed by atoms with Crippen LogP contribution in [0.1, 0.15) is 26.3 Å². The van der Waals surface area contributed by atoms with Crippen LogP contribution in [0.3, 0.4) is 0 Å². The third-order valence-electron chi connectivity index (χ3n) is 2.22. The van der Waals surface area contributed by atoms with Gasteiger partial charge < -0.3 is 5.11 Å². The van der Waals surface area contributed by atoms with E-state index < -0.39 is 23.5 Å². The number of allylic oxidation sites excluding steroid dienone is 1. The van der Waals surface area contributed by atoms with Crippen molar-refractivity contribution in [2.24, 2.45) is 0 Å². The van der Waals surface area contributed by atoms with Crippen LogP contribution in [-0.4, -0.2) is 23.0 Å². The highest BCUT2D eigenvalue weighted by atomic mass is 19.4. The Morgan fingerprint density at radius 2 is 1.94 bits per heavy atom. The predicted molar refractivity (Wildman–Crippen MR) is 57.7 cm³/mol. The van der Waals surface area contributed by atoms with E-state index in [4.69, 9.17) is 5.11 Å². The van der Waals surface area contributed by atoms with Crippen LogP contribution in [0.25, 0.3) is 0 Å². The molecule has 0 spiro atoms. The van der Waals surface area contributed by atoms with E-state index in [2.05, 4.69) is 6.58 Å². The summed E-state index contributed by atoms with van der Waals surface area (Å²) in [6.07, 6.45) is -3.56. The summed E-state index contributed by atoms with van der Waals surface area (Å²) in [6, 6.07) is 2.77. The number of carbonyl (C=O) groups excluding carboxylic acids is 1. The number of benzene rings is 1. The summed E-state index contributed by atoms with van der Waals surface area (Å²) >= 11 is 0. The van der Waals surface area contributed by atoms with Crippen LogP contribution >= 0.6 is 0 Å². The molecule has 18 heavy (non-hydrogen) atoms. The smallest absolute Gasteiger partial charge is 0.454 e. The number of carboxylic acid groups (broad SMARTS) is 1. The number of ketones is 1. The Kier molecular flexibility index (Phi) is 3.90. The van der Waals surface area contributed by atoms with E-state index in [0.717, 1.165) is 18.2 Å². The molecule has 6 heteroatoms. The molecule has 3 nitrogen and oxygen atoms in total. The Balaban J connectivity index is 3.27. The van der Waals surface area contributed by atoms with Gasteiger partial charge in [0.15, 0.2) is 0 Å². The zero-order chi connectivity index (χ0) is 13.9. The number of carbonyl (C=O) groups is 2. The maximum absolute atomic E-state index is 12.2. The van der Waals surface area contributed by atoms with Gasteiger partial charge in [-0.2, -0.15) is 13.2 Å². The van der Waals surface area contributed by atoms with Crippen LogP contribution in [0.4, 0.5) is 13.2 Å². The topological polar surface area (TPSA) is 54.4 Å². The van der Waals surface area contributed by atoms with Crippen molar-refractivity contribution in [2.75, 3.05) is 0 Å². The zero-order valence-corrected chi connectivity index (χ0v) is 9.12. The van der Waals surface area contributed by atoms with Gasteiger partial charge in [-0.3, -0.25) is 4.79 Å². The summed E-state index contributed by atoms with van der Waals surface area (Å²) in [5.41, 5.74) is -0.606. The number of hydrogen-bond donors (Lipinski definition) is 1. The summed E-state index contributed by atoms with van der Waals surface area (Å²) < 4.78 is 36.7. The van der Waals surface area contributed by atoms with Crippen LogP contribution in [0, 0.1) is 0 Å². The normalized spacial score (nSPS) is 11.1. The largest absolute Gasteiger partial charge is 0.478 e. The van der Waals surface area contributed by atoms with Gasteiger partial charge in [0.1, 0.15) is 0 Å². The van der Waals surface area contributed by atoms with Gasteiger partial charge in [0.2, 0.25) is 0 Å². The number of halogens is 3. The van der Waals surface area contributed by atoms with Crippen molar-refractivity contribution >= 4 is 11.8 Å². The lowest BCUT2D eigenvalue weighted by molar-refractivity contribution is -0.0885. The third kappa shape index (κ3) is 2.97. The summed E-state index contributed by atoms with van der Waals surface area (Å²) in [6.45, 7) is 3.38. The molecule has 1 rings (SSSR count). The monoisotopic (exact) mass is 258 g/mol. The minimum Gasteiger partial charge on any atom is -0.478 e. The minimum atomic E-state index is -4.98. The molecule has 96 valence electrons. The van der Waals surface area contributed by atoms with E-state index in [1.165, 1.54) is 6.08 Å². The number of rotatable bonds is 4. The Morgan fingerprint density at radius 3 is 2.39 bits per heavy atom. The first kappa shape index (κ1) is 14.0. The average molecular weight is 258 g/mol. The molecule has 0 amide bonds. The lowest BCUT2D eigenvalue weighted by Gasteiger charge is -2.08. The maximum Gasteiger partial charge on any atom is 0.454 e. The maximum atomic E-state index is 12.2. The molecule has 0 fully saturated rings. The van der Waals surface area contributed by atoms with Crippen LogP contribution in [-0.2, 0) is 6.42 Å². The zero-order valence-electron chi connectivity index (χ0n) is 9.12. The van der Waals surface area contributed by atoms with Gasteiger partial charge >= 0.3 is 12.1 Å². The quantitative estimate of drug-likeness (QED) is 0.667. The molecule has 0 saturated carbocycles. The van der Waals surface area contributed by atoms with E-state index in [1.807, 2.05) is 0 Å². The standard InChI is InChI=1S/C12H9F3O3/c1-2-3-7-6-8(10(16)12(13,14)15)4-5-9(7)11(17)18/h2,4-6H,1,3H2,(H,17,18). The van der Waals surface area contributed by atoms with E-state index in [9.17, 15) is 22.8 Å². The molecule has 1 aromatic carbocycles. The molecule has 0 radical (unpaired) electrons. The molecule has 0 bridgehead atoms. The van der Waals surface area contributed by atoms with Crippen LogP contribution in [0.15, 0.2) is 30.9 Å². The highest BCUT2D eigenvalue weighted by Gasteiger charge is 2.39. The first-order chi connectivity index (χ1) is 8.27. The summed E-state index contributed by atoms with van der Waals surface area (Å²) in [5, 5.41) is 8.84. The van der Waals surface area contributed by atoms with Crippen LogP contribution in [0.5, 0.6) is 0 Å². The van der Waals surface area contributed by atoms with Gasteiger partial charge in [0.05, 0.1) is 5.56 Å². The fraction of sp³-hybridized carbons (Fsp3) is 0.167. The fourth-order valence-corrected chi connectivity index (χ4v) is 1.43. The predicted octanol–water partition coefficient (Wildman–Crippen LogP) is 2.86. The Hall–Kier alpha value is -2.11. The number of alkyl halides is 3. The Morgan fingerprint density at radius 1 is 1.33 bits per heavy atom. The molecule has 0 aliphatic rings. The molecule has 0 saturated heterocycles. The van der Waals surface area contributed by atoms with Crippen molar-refractivity contribution in [1.82, 2.24) is 0 Å². The Labute approximate surface area is 101 Å². The second kappa shape index (κ2) is 5.03. The van der Waals surface area contributed by atoms with E-state index in [-0.39, 0.29) is 17.5 Å². The van der Waals surface area contributed by atoms with E-state index in [1.54, 1.807) is 0 Å². The third-order valence-corrected chi connectivity index (χ3v) is 2.22. The van der Waals surface area contributed by atoms with Crippen molar-refractivity contribution < 1.29 is 27.9 Å². The van der Waals surface area contributed by atoms with Crippen molar-refractivity contribution in [3.8, 4) is 0 Å². The number of Topliss-reactive ketones (excluding diaryl/α,β-unsaturated/α-hetero) is 1. The molecule has 0 aromatic heterocycles. The summed E-state index contributed by atoms with van der Waals surface area (Å²) in [5.74, 6) is -3.26. The first-order valence-corrected chi connectivity index (χ1v) is 4.86. The fourth-order valence-electron chi connectivity index (χ4n) is 1.43. The second-order valence-corrected chi connectivity index (χ2v) is 3.50. The molecule has 0 aliphatic carbocycles. The number of aromatic carboxylic acids is 1. The van der Waals surface area contributed by atoms with Crippen LogP contribution in [0.2, 0.25) is 0 Å². The first-order valence-electron chi connectivity index (χ1n) is 4.86. The Bertz CT molecular complexity index is 504. The second-order valence-electron chi connectivity index (χ2n) is 3.50. The molecule has 0 aliphatic heterocycles. The highest BCUT2D eigenvalue weighted by molar-refractivity contribution is 6.01. The highest BCUT2D eigenvalue weighted by Crippen LogP contribution is 2.23. The summed E-state index contributed by atoms with van der Waals surface area (Å²) in [7, 11) is 0. The van der Waals surface area contributed by atoms with Gasteiger partial charge in [-0.1, -0.05) is 12.1 Å². The molecule has 1 N–H and O–H groups in total. The molecule has 0 atom stereocenters. The SMILES string of the molecule is C=CCc1cc(C(=O)C(F)(F)F)ccc1C(=O)O. The van der Waals surface area contributed by atoms with Gasteiger partial charge in [-0.05, 0) is 24.1 Å².